The third kappa shape index (κ3) is 4.74. The zero-order valence-corrected chi connectivity index (χ0v) is 27.9. The van der Waals surface area contributed by atoms with E-state index >= 15 is 0 Å². The van der Waals surface area contributed by atoms with Gasteiger partial charge in [-0.2, -0.15) is 0 Å². The first kappa shape index (κ1) is 28.8. The number of allylic oxidation sites excluding steroid dienone is 11. The number of hydrogen-bond donors (Lipinski definition) is 0. The number of fused-ring (bicyclic) bond motifs is 9. The first-order valence-corrected chi connectivity index (χ1v) is 18.3. The largest absolute Gasteiger partial charge is 0.334 e. The van der Waals surface area contributed by atoms with E-state index in [2.05, 4.69) is 163 Å². The molecule has 0 radical (unpaired) electrons. The van der Waals surface area contributed by atoms with Gasteiger partial charge in [0, 0.05) is 29.1 Å². The van der Waals surface area contributed by atoms with Gasteiger partial charge < -0.3 is 4.90 Å². The van der Waals surface area contributed by atoms with Crippen LogP contribution in [0.3, 0.4) is 0 Å². The van der Waals surface area contributed by atoms with Gasteiger partial charge in [0.25, 0.3) is 0 Å². The monoisotopic (exact) mass is 631 g/mol. The van der Waals surface area contributed by atoms with Gasteiger partial charge in [0.2, 0.25) is 0 Å². The minimum atomic E-state index is 0.243. The average molecular weight is 632 g/mol. The van der Waals surface area contributed by atoms with Crippen molar-refractivity contribution in [3.8, 4) is 22.3 Å². The lowest BCUT2D eigenvalue weighted by atomic mass is 9.67. The van der Waals surface area contributed by atoms with Gasteiger partial charge in [0.15, 0.2) is 0 Å². The molecule has 10 rings (SSSR count). The van der Waals surface area contributed by atoms with Crippen molar-refractivity contribution in [3.63, 3.8) is 0 Å². The number of nitrogens with zero attached hydrogens (tertiary/aromatic N) is 1. The molecule has 0 saturated carbocycles. The lowest BCUT2D eigenvalue weighted by molar-refractivity contribution is 0.547. The lowest BCUT2D eigenvalue weighted by Crippen LogP contribution is -2.33. The van der Waals surface area contributed by atoms with Gasteiger partial charge >= 0.3 is 0 Å². The Kier molecular flexibility index (Phi) is 6.93. The van der Waals surface area contributed by atoms with Crippen molar-refractivity contribution >= 4 is 11.3 Å². The second-order valence-corrected chi connectivity index (χ2v) is 14.5. The Bertz CT molecular complexity index is 2180. The summed E-state index contributed by atoms with van der Waals surface area (Å²) in [6.45, 7) is 0. The maximum Gasteiger partial charge on any atom is 0.0629 e. The highest BCUT2D eigenvalue weighted by molar-refractivity contribution is 5.86. The third-order valence-corrected chi connectivity index (χ3v) is 11.9. The average Bonchev–Trinajstić information content (AvgIpc) is 3.53. The van der Waals surface area contributed by atoms with Crippen molar-refractivity contribution in [2.45, 2.75) is 55.9 Å². The molecule has 0 amide bonds. The Morgan fingerprint density at radius 1 is 0.633 bits per heavy atom. The molecule has 0 aromatic heterocycles. The fourth-order valence-electron chi connectivity index (χ4n) is 9.68. The molecule has 5 unspecified atom stereocenters. The molecule has 1 heteroatoms. The second kappa shape index (κ2) is 11.8. The summed E-state index contributed by atoms with van der Waals surface area (Å²) in [4.78, 5) is 2.66. The van der Waals surface area contributed by atoms with Crippen LogP contribution in [0.1, 0.15) is 72.1 Å². The molecule has 49 heavy (non-hydrogen) atoms. The summed E-state index contributed by atoms with van der Waals surface area (Å²) in [6.07, 6.45) is 32.2. The summed E-state index contributed by atoms with van der Waals surface area (Å²) in [5, 5.41) is 0. The second-order valence-electron chi connectivity index (χ2n) is 14.5. The van der Waals surface area contributed by atoms with Crippen molar-refractivity contribution in [2.75, 3.05) is 4.90 Å². The predicted octanol–water partition coefficient (Wildman–Crippen LogP) is 12.2. The Hall–Kier alpha value is -5.14. The fraction of sp³-hybridized carbons (Fsp3) is 0.208. The summed E-state index contributed by atoms with van der Waals surface area (Å²) in [7, 11) is 0. The maximum atomic E-state index is 2.66. The van der Waals surface area contributed by atoms with Crippen molar-refractivity contribution in [2.24, 2.45) is 5.92 Å². The third-order valence-electron chi connectivity index (χ3n) is 11.9. The molecule has 1 heterocycles. The highest BCUT2D eigenvalue weighted by Crippen LogP contribution is 2.54. The van der Waals surface area contributed by atoms with Crippen LogP contribution in [0.5, 0.6) is 0 Å². The molecule has 0 fully saturated rings. The highest BCUT2D eigenvalue weighted by Gasteiger charge is 2.41. The summed E-state index contributed by atoms with van der Waals surface area (Å²) < 4.78 is 0. The zero-order chi connectivity index (χ0) is 32.3. The van der Waals surface area contributed by atoms with E-state index in [1.165, 1.54) is 73.5 Å². The van der Waals surface area contributed by atoms with Gasteiger partial charge in [-0.05, 0) is 106 Å². The number of anilines is 1. The van der Waals surface area contributed by atoms with Crippen LogP contribution in [0.25, 0.3) is 27.8 Å². The summed E-state index contributed by atoms with van der Waals surface area (Å²) in [5.74, 6) is 1.65. The standard InChI is InChI=1S/C48H41N/c1-3-14-32(15-4-1)35-28-36(33-16-5-2-6-17-33)30-37(29-35)49-46-24-12-11-22-44(46)48-38(23-13-25-47(48)49)34-26-27-43-41-20-8-7-18-39(41)40-19-9-10-21-42(40)45(43)31-34/h1,3-5,7-9,11-20,22-27,29-31,36,40,42,44,46H,2,6,10,21,28H2. The normalized spacial score (nSPS) is 25.8. The van der Waals surface area contributed by atoms with E-state index in [1.807, 2.05) is 0 Å². The van der Waals surface area contributed by atoms with E-state index in [1.54, 1.807) is 0 Å². The first-order valence-electron chi connectivity index (χ1n) is 18.3. The molecular weight excluding hydrogens is 591 g/mol. The SMILES string of the molecule is C1=CC2c3c(-c4ccc5c(c4)C4CCC=CC4c4ccccc4-5)cccc3N(C3=CC(C4=CCCC=C4)CC(c4ccccc4)=C3)C2C=C1. The first-order chi connectivity index (χ1) is 24.3. The summed E-state index contributed by atoms with van der Waals surface area (Å²) >= 11 is 0. The Labute approximate surface area is 290 Å². The molecule has 0 spiro atoms. The minimum absolute atomic E-state index is 0.243. The molecule has 0 saturated heterocycles. The molecule has 1 nitrogen and oxygen atoms in total. The van der Waals surface area contributed by atoms with E-state index in [9.17, 15) is 0 Å². The van der Waals surface area contributed by atoms with Crippen molar-refractivity contribution < 1.29 is 0 Å². The molecule has 4 aromatic rings. The van der Waals surface area contributed by atoms with Crippen molar-refractivity contribution in [3.05, 3.63) is 191 Å². The smallest absolute Gasteiger partial charge is 0.0629 e. The Balaban J connectivity index is 1.12. The van der Waals surface area contributed by atoms with Crippen LogP contribution in [0, 0.1) is 5.92 Å². The van der Waals surface area contributed by atoms with Crippen LogP contribution in [0.4, 0.5) is 5.69 Å². The van der Waals surface area contributed by atoms with E-state index in [0.29, 0.717) is 23.7 Å². The molecule has 0 N–H and O–H groups in total. The molecule has 6 aliphatic rings. The van der Waals surface area contributed by atoms with Gasteiger partial charge in [-0.15, -0.1) is 0 Å². The zero-order valence-electron chi connectivity index (χ0n) is 27.9. The van der Waals surface area contributed by atoms with Crippen LogP contribution in [0.2, 0.25) is 0 Å². The van der Waals surface area contributed by atoms with E-state index in [4.69, 9.17) is 0 Å². The number of hydrogen-bond acceptors (Lipinski definition) is 1. The van der Waals surface area contributed by atoms with Crippen LogP contribution in [-0.2, 0) is 0 Å². The van der Waals surface area contributed by atoms with E-state index in [-0.39, 0.29) is 6.04 Å². The van der Waals surface area contributed by atoms with Gasteiger partial charge in [0.05, 0.1) is 6.04 Å². The van der Waals surface area contributed by atoms with Crippen LogP contribution >= 0.6 is 0 Å². The quantitative estimate of drug-likeness (QED) is 0.203. The Morgan fingerprint density at radius 2 is 1.49 bits per heavy atom. The van der Waals surface area contributed by atoms with E-state index in [0.717, 1.165) is 25.7 Å². The maximum absolute atomic E-state index is 2.66. The summed E-state index contributed by atoms with van der Waals surface area (Å²) in [6, 6.07) is 34.8. The van der Waals surface area contributed by atoms with E-state index < -0.39 is 0 Å². The van der Waals surface area contributed by atoms with Crippen molar-refractivity contribution in [1.29, 1.82) is 0 Å². The van der Waals surface area contributed by atoms with Gasteiger partial charge in [0.1, 0.15) is 0 Å². The minimum Gasteiger partial charge on any atom is -0.334 e. The molecular formula is C48H41N. The van der Waals surface area contributed by atoms with Crippen LogP contribution in [-0.4, -0.2) is 6.04 Å². The van der Waals surface area contributed by atoms with Gasteiger partial charge in [-0.1, -0.05) is 146 Å². The van der Waals surface area contributed by atoms with Gasteiger partial charge in [-0.25, -0.2) is 0 Å². The van der Waals surface area contributed by atoms with Crippen LogP contribution < -0.4 is 4.90 Å². The number of rotatable bonds is 4. The molecule has 4 aromatic carbocycles. The molecule has 0 bridgehead atoms. The molecule has 1 aliphatic heterocycles. The van der Waals surface area contributed by atoms with Crippen LogP contribution in [0.15, 0.2) is 169 Å². The predicted molar refractivity (Wildman–Crippen MR) is 206 cm³/mol. The molecule has 238 valence electrons. The molecule has 5 atom stereocenters. The fourth-order valence-corrected chi connectivity index (χ4v) is 9.68. The lowest BCUT2D eigenvalue weighted by Gasteiger charge is -2.36. The van der Waals surface area contributed by atoms with Gasteiger partial charge in [-0.3, -0.25) is 0 Å². The summed E-state index contributed by atoms with van der Waals surface area (Å²) in [5.41, 5.74) is 16.9. The Morgan fingerprint density at radius 3 is 2.41 bits per heavy atom. The number of benzene rings is 4. The topological polar surface area (TPSA) is 3.24 Å². The highest BCUT2D eigenvalue weighted by atomic mass is 15.2. The van der Waals surface area contributed by atoms with Crippen molar-refractivity contribution in [1.82, 2.24) is 0 Å². The molecule has 5 aliphatic carbocycles.